The van der Waals surface area contributed by atoms with Crippen LogP contribution in [0.5, 0.6) is 5.75 Å². The van der Waals surface area contributed by atoms with Crippen LogP contribution in [0.4, 0.5) is 5.69 Å². The van der Waals surface area contributed by atoms with E-state index >= 15 is 0 Å². The summed E-state index contributed by atoms with van der Waals surface area (Å²) < 4.78 is 9.72. The van der Waals surface area contributed by atoms with E-state index in [1.54, 1.807) is 25.3 Å². The minimum atomic E-state index is -0.628. The average molecular weight is 293 g/mol. The van der Waals surface area contributed by atoms with E-state index in [1.165, 1.54) is 7.11 Å². The fourth-order valence-corrected chi connectivity index (χ4v) is 1.86. The van der Waals surface area contributed by atoms with Crippen molar-refractivity contribution in [3.05, 3.63) is 41.0 Å². The SMILES string of the molecule is COC(=O)c1nc(-c2ccc(OC)cc2)cc(N)c1Cl. The van der Waals surface area contributed by atoms with Crippen LogP contribution < -0.4 is 10.5 Å². The summed E-state index contributed by atoms with van der Waals surface area (Å²) in [5.41, 5.74) is 7.40. The number of halogens is 1. The summed E-state index contributed by atoms with van der Waals surface area (Å²) in [7, 11) is 2.85. The average Bonchev–Trinajstić information content (AvgIpc) is 2.49. The molecule has 2 aromatic rings. The van der Waals surface area contributed by atoms with Gasteiger partial charge in [-0.2, -0.15) is 0 Å². The van der Waals surface area contributed by atoms with Gasteiger partial charge in [0.1, 0.15) is 5.75 Å². The summed E-state index contributed by atoms with van der Waals surface area (Å²) in [4.78, 5) is 15.8. The summed E-state index contributed by atoms with van der Waals surface area (Å²) in [6.45, 7) is 0. The van der Waals surface area contributed by atoms with Crippen LogP contribution in [0, 0.1) is 0 Å². The van der Waals surface area contributed by atoms with Crippen molar-refractivity contribution >= 4 is 23.3 Å². The fourth-order valence-electron chi connectivity index (χ4n) is 1.69. The van der Waals surface area contributed by atoms with Crippen LogP contribution in [-0.2, 0) is 4.74 Å². The van der Waals surface area contributed by atoms with Crippen molar-refractivity contribution in [1.82, 2.24) is 4.98 Å². The van der Waals surface area contributed by atoms with Crippen molar-refractivity contribution in [2.45, 2.75) is 0 Å². The van der Waals surface area contributed by atoms with Gasteiger partial charge in [-0.3, -0.25) is 0 Å². The van der Waals surface area contributed by atoms with E-state index in [1.807, 2.05) is 12.1 Å². The van der Waals surface area contributed by atoms with Gasteiger partial charge in [-0.25, -0.2) is 9.78 Å². The zero-order valence-electron chi connectivity index (χ0n) is 11.0. The molecule has 0 aliphatic carbocycles. The third kappa shape index (κ3) is 2.67. The van der Waals surface area contributed by atoms with E-state index in [0.717, 1.165) is 11.3 Å². The molecule has 2 N–H and O–H groups in total. The molecule has 0 aliphatic rings. The summed E-state index contributed by atoms with van der Waals surface area (Å²) in [6.07, 6.45) is 0. The molecule has 0 atom stereocenters. The fraction of sp³-hybridized carbons (Fsp3) is 0.143. The van der Waals surface area contributed by atoms with Crippen LogP contribution in [0.15, 0.2) is 30.3 Å². The van der Waals surface area contributed by atoms with E-state index in [4.69, 9.17) is 22.1 Å². The van der Waals surface area contributed by atoms with Crippen molar-refractivity contribution in [3.63, 3.8) is 0 Å². The Labute approximate surface area is 121 Å². The predicted octanol–water partition coefficient (Wildman–Crippen LogP) is 2.78. The van der Waals surface area contributed by atoms with Gasteiger partial charge >= 0.3 is 5.97 Å². The van der Waals surface area contributed by atoms with Gasteiger partial charge in [0.25, 0.3) is 0 Å². The molecule has 1 aromatic carbocycles. The zero-order valence-corrected chi connectivity index (χ0v) is 11.8. The van der Waals surface area contributed by atoms with Crippen LogP contribution >= 0.6 is 11.6 Å². The molecule has 0 aliphatic heterocycles. The molecule has 0 fully saturated rings. The second-order valence-corrected chi connectivity index (χ2v) is 4.36. The lowest BCUT2D eigenvalue weighted by Gasteiger charge is -2.09. The quantitative estimate of drug-likeness (QED) is 0.881. The lowest BCUT2D eigenvalue weighted by atomic mass is 10.1. The molecule has 0 bridgehead atoms. The number of hydrogen-bond acceptors (Lipinski definition) is 5. The molecule has 0 unspecified atom stereocenters. The number of ether oxygens (including phenoxy) is 2. The van der Waals surface area contributed by atoms with Gasteiger partial charge in [0, 0.05) is 5.56 Å². The van der Waals surface area contributed by atoms with Crippen molar-refractivity contribution in [2.24, 2.45) is 0 Å². The first kappa shape index (κ1) is 14.1. The Kier molecular flexibility index (Phi) is 4.10. The number of esters is 1. The number of hydrogen-bond donors (Lipinski definition) is 1. The van der Waals surface area contributed by atoms with Crippen LogP contribution in [0.25, 0.3) is 11.3 Å². The first-order valence-electron chi connectivity index (χ1n) is 5.75. The van der Waals surface area contributed by atoms with Crippen molar-refractivity contribution in [2.75, 3.05) is 20.0 Å². The minimum Gasteiger partial charge on any atom is -0.497 e. The van der Waals surface area contributed by atoms with E-state index in [2.05, 4.69) is 9.72 Å². The minimum absolute atomic E-state index is 0.0000141. The van der Waals surface area contributed by atoms with E-state index in [9.17, 15) is 4.79 Å². The first-order valence-corrected chi connectivity index (χ1v) is 6.13. The number of nitrogen functional groups attached to an aromatic ring is 1. The zero-order chi connectivity index (χ0) is 14.7. The summed E-state index contributed by atoms with van der Waals surface area (Å²) in [6, 6.07) is 8.82. The van der Waals surface area contributed by atoms with Crippen molar-refractivity contribution in [3.8, 4) is 17.0 Å². The summed E-state index contributed by atoms with van der Waals surface area (Å²) in [5, 5.41) is 0.0918. The molecule has 0 amide bonds. The number of nitrogens with zero attached hydrogens (tertiary/aromatic N) is 1. The van der Waals surface area contributed by atoms with Gasteiger partial charge in [0.2, 0.25) is 0 Å². The van der Waals surface area contributed by atoms with Gasteiger partial charge < -0.3 is 15.2 Å². The highest BCUT2D eigenvalue weighted by Crippen LogP contribution is 2.29. The van der Waals surface area contributed by atoms with Crippen LogP contribution in [0.2, 0.25) is 5.02 Å². The Morgan fingerprint density at radius 3 is 2.45 bits per heavy atom. The second-order valence-electron chi connectivity index (χ2n) is 3.98. The van der Waals surface area contributed by atoms with Crippen molar-refractivity contribution < 1.29 is 14.3 Å². The van der Waals surface area contributed by atoms with E-state index in [-0.39, 0.29) is 16.4 Å². The maximum absolute atomic E-state index is 11.6. The largest absolute Gasteiger partial charge is 0.497 e. The molecule has 0 saturated heterocycles. The topological polar surface area (TPSA) is 74.4 Å². The number of pyridine rings is 1. The van der Waals surface area contributed by atoms with Gasteiger partial charge in [0.15, 0.2) is 5.69 Å². The Bertz CT molecular complexity index is 642. The molecular weight excluding hydrogens is 280 g/mol. The molecule has 0 saturated carbocycles. The molecule has 0 radical (unpaired) electrons. The van der Waals surface area contributed by atoms with Gasteiger partial charge in [-0.1, -0.05) is 11.6 Å². The smallest absolute Gasteiger partial charge is 0.358 e. The van der Waals surface area contributed by atoms with Gasteiger partial charge in [0.05, 0.1) is 30.6 Å². The normalized spacial score (nSPS) is 10.2. The highest BCUT2D eigenvalue weighted by Gasteiger charge is 2.17. The maximum atomic E-state index is 11.6. The lowest BCUT2D eigenvalue weighted by Crippen LogP contribution is -2.08. The molecule has 1 aromatic heterocycles. The highest BCUT2D eigenvalue weighted by molar-refractivity contribution is 6.35. The molecule has 6 heteroatoms. The third-order valence-corrected chi connectivity index (χ3v) is 3.15. The highest BCUT2D eigenvalue weighted by atomic mass is 35.5. The number of methoxy groups -OCH3 is 2. The second kappa shape index (κ2) is 5.79. The van der Waals surface area contributed by atoms with Crippen LogP contribution in [-0.4, -0.2) is 25.2 Å². The molecule has 5 nitrogen and oxygen atoms in total. The molecular formula is C14H13ClN2O3. The number of carbonyl (C=O) groups is 1. The van der Waals surface area contributed by atoms with E-state index < -0.39 is 5.97 Å². The number of carbonyl (C=O) groups excluding carboxylic acids is 1. The molecule has 2 rings (SSSR count). The third-order valence-electron chi connectivity index (χ3n) is 2.75. The Balaban J connectivity index is 2.51. The Morgan fingerprint density at radius 2 is 1.90 bits per heavy atom. The van der Waals surface area contributed by atoms with Gasteiger partial charge in [-0.15, -0.1) is 0 Å². The van der Waals surface area contributed by atoms with E-state index in [0.29, 0.717) is 5.69 Å². The number of rotatable bonds is 3. The number of anilines is 1. The summed E-state index contributed by atoms with van der Waals surface area (Å²) in [5.74, 6) is 0.0981. The molecule has 20 heavy (non-hydrogen) atoms. The number of aromatic nitrogens is 1. The summed E-state index contributed by atoms with van der Waals surface area (Å²) >= 11 is 5.97. The first-order chi connectivity index (χ1) is 9.56. The molecule has 104 valence electrons. The lowest BCUT2D eigenvalue weighted by molar-refractivity contribution is 0.0594. The van der Waals surface area contributed by atoms with Crippen LogP contribution in [0.1, 0.15) is 10.5 Å². The monoisotopic (exact) mass is 292 g/mol. The predicted molar refractivity (Wildman–Crippen MR) is 77.0 cm³/mol. The Hall–Kier alpha value is -2.27. The Morgan fingerprint density at radius 1 is 1.25 bits per heavy atom. The standard InChI is InChI=1S/C14H13ClN2O3/c1-19-9-5-3-8(4-6-9)11-7-10(16)12(15)13(17-11)14(18)20-2/h3-7H,1-2H3,(H2,16,17). The number of benzene rings is 1. The number of nitrogens with two attached hydrogens (primary N) is 1. The van der Waals surface area contributed by atoms with Gasteiger partial charge in [-0.05, 0) is 30.3 Å². The van der Waals surface area contributed by atoms with Crippen molar-refractivity contribution in [1.29, 1.82) is 0 Å². The van der Waals surface area contributed by atoms with Crippen LogP contribution in [0.3, 0.4) is 0 Å². The molecule has 0 spiro atoms. The molecule has 1 heterocycles. The maximum Gasteiger partial charge on any atom is 0.358 e.